The third kappa shape index (κ3) is 2.95. The van der Waals surface area contributed by atoms with Gasteiger partial charge in [0.1, 0.15) is 10.7 Å². The number of carbonyl (C=O) groups excluding carboxylic acids is 1. The number of hydrogen-bond acceptors (Lipinski definition) is 4. The molecule has 0 bridgehead atoms. The van der Waals surface area contributed by atoms with Crippen LogP contribution >= 0.6 is 23.7 Å². The number of nitrogens with zero attached hydrogens (tertiary/aromatic N) is 2. The molecule has 0 radical (unpaired) electrons. The summed E-state index contributed by atoms with van der Waals surface area (Å²) in [4.78, 5) is 18.6. The minimum absolute atomic E-state index is 0. The maximum Gasteiger partial charge on any atom is 0.273 e. The van der Waals surface area contributed by atoms with Crippen molar-refractivity contribution in [3.63, 3.8) is 0 Å². The van der Waals surface area contributed by atoms with E-state index >= 15 is 0 Å². The van der Waals surface area contributed by atoms with Gasteiger partial charge >= 0.3 is 0 Å². The first-order valence-electron chi connectivity index (χ1n) is 6.70. The van der Waals surface area contributed by atoms with Crippen molar-refractivity contribution in [2.45, 2.75) is 25.4 Å². The molecule has 1 atom stereocenters. The lowest BCUT2D eigenvalue weighted by Crippen LogP contribution is -2.30. The van der Waals surface area contributed by atoms with Gasteiger partial charge in [0.15, 0.2) is 0 Å². The number of fused-ring (bicyclic) bond motifs is 1. The first kappa shape index (κ1) is 15.9. The van der Waals surface area contributed by atoms with Crippen LogP contribution in [0.1, 0.15) is 39.1 Å². The first-order valence-corrected chi connectivity index (χ1v) is 7.58. The van der Waals surface area contributed by atoms with Crippen LogP contribution in [0.25, 0.3) is 0 Å². The van der Waals surface area contributed by atoms with Gasteiger partial charge in [-0.25, -0.2) is 4.98 Å². The SMILES string of the molecule is CN(C(=O)c1csc(CN)n1)C1CCc2ccccc21.Cl. The van der Waals surface area contributed by atoms with Crippen molar-refractivity contribution in [3.8, 4) is 0 Å². The highest BCUT2D eigenvalue weighted by molar-refractivity contribution is 7.09. The van der Waals surface area contributed by atoms with Crippen molar-refractivity contribution in [1.29, 1.82) is 0 Å². The summed E-state index contributed by atoms with van der Waals surface area (Å²) in [6, 6.07) is 8.50. The molecule has 112 valence electrons. The van der Waals surface area contributed by atoms with Gasteiger partial charge in [0.2, 0.25) is 0 Å². The molecule has 1 aromatic heterocycles. The molecular weight excluding hydrogens is 306 g/mol. The van der Waals surface area contributed by atoms with Gasteiger partial charge < -0.3 is 10.6 Å². The van der Waals surface area contributed by atoms with E-state index in [1.165, 1.54) is 22.5 Å². The molecular formula is C15H18ClN3OS. The summed E-state index contributed by atoms with van der Waals surface area (Å²) in [6.45, 7) is 0.383. The zero-order chi connectivity index (χ0) is 14.1. The Balaban J connectivity index is 0.00000161. The molecule has 1 aromatic carbocycles. The Kier molecular flexibility index (Phi) is 4.98. The average molecular weight is 324 g/mol. The molecule has 1 heterocycles. The standard InChI is InChI=1S/C15H17N3OS.ClH/c1-18(15(19)12-9-20-14(8-16)17-12)13-7-6-10-4-2-3-5-11(10)13;/h2-5,9,13H,6-8,16H2,1H3;1H. The molecule has 0 fully saturated rings. The van der Waals surface area contributed by atoms with E-state index in [1.807, 2.05) is 13.1 Å². The van der Waals surface area contributed by atoms with E-state index in [2.05, 4.69) is 23.2 Å². The summed E-state index contributed by atoms with van der Waals surface area (Å²) in [5.74, 6) is -0.0253. The number of carbonyl (C=O) groups is 1. The molecule has 1 aliphatic rings. The number of benzene rings is 1. The third-order valence-electron chi connectivity index (χ3n) is 3.83. The van der Waals surface area contributed by atoms with Crippen LogP contribution < -0.4 is 5.73 Å². The van der Waals surface area contributed by atoms with E-state index in [9.17, 15) is 4.79 Å². The van der Waals surface area contributed by atoms with Gasteiger partial charge in [-0.15, -0.1) is 23.7 Å². The van der Waals surface area contributed by atoms with Crippen molar-refractivity contribution in [2.24, 2.45) is 5.73 Å². The molecule has 1 amide bonds. The highest BCUT2D eigenvalue weighted by Crippen LogP contribution is 2.35. The summed E-state index contributed by atoms with van der Waals surface area (Å²) >= 11 is 1.44. The fourth-order valence-corrected chi connectivity index (χ4v) is 3.41. The lowest BCUT2D eigenvalue weighted by molar-refractivity contribution is 0.0725. The van der Waals surface area contributed by atoms with Crippen molar-refractivity contribution in [2.75, 3.05) is 7.05 Å². The topological polar surface area (TPSA) is 59.2 Å². The monoisotopic (exact) mass is 323 g/mol. The number of aryl methyl sites for hydroxylation is 1. The Morgan fingerprint density at radius 3 is 2.95 bits per heavy atom. The van der Waals surface area contributed by atoms with Crippen LogP contribution in [0.3, 0.4) is 0 Å². The van der Waals surface area contributed by atoms with E-state index in [1.54, 1.807) is 10.3 Å². The fraction of sp³-hybridized carbons (Fsp3) is 0.333. The van der Waals surface area contributed by atoms with Crippen LogP contribution in [-0.2, 0) is 13.0 Å². The molecule has 2 aromatic rings. The molecule has 1 aliphatic carbocycles. The fourth-order valence-electron chi connectivity index (χ4n) is 2.76. The molecule has 21 heavy (non-hydrogen) atoms. The molecule has 3 rings (SSSR count). The predicted molar refractivity (Wildman–Crippen MR) is 86.9 cm³/mol. The normalized spacial score (nSPS) is 16.2. The molecule has 0 saturated heterocycles. The van der Waals surface area contributed by atoms with Gasteiger partial charge in [-0.05, 0) is 24.0 Å². The van der Waals surface area contributed by atoms with Crippen LogP contribution in [0.15, 0.2) is 29.6 Å². The summed E-state index contributed by atoms with van der Waals surface area (Å²) in [5.41, 5.74) is 8.66. The number of hydrogen-bond donors (Lipinski definition) is 1. The highest BCUT2D eigenvalue weighted by Gasteiger charge is 2.29. The average Bonchev–Trinajstić information content (AvgIpc) is 3.12. The number of nitrogens with two attached hydrogens (primary N) is 1. The Hall–Kier alpha value is -1.43. The second kappa shape index (κ2) is 6.56. The van der Waals surface area contributed by atoms with Gasteiger partial charge in [0, 0.05) is 19.0 Å². The summed E-state index contributed by atoms with van der Waals surface area (Å²) in [5, 5.41) is 2.59. The van der Waals surface area contributed by atoms with Gasteiger partial charge in [0.05, 0.1) is 6.04 Å². The zero-order valence-electron chi connectivity index (χ0n) is 11.8. The first-order chi connectivity index (χ1) is 9.70. The van der Waals surface area contributed by atoms with Gasteiger partial charge in [-0.2, -0.15) is 0 Å². The zero-order valence-corrected chi connectivity index (χ0v) is 13.4. The van der Waals surface area contributed by atoms with Crippen LogP contribution in [-0.4, -0.2) is 22.8 Å². The van der Waals surface area contributed by atoms with Gasteiger partial charge in [-0.1, -0.05) is 24.3 Å². The number of thiazole rings is 1. The van der Waals surface area contributed by atoms with Crippen LogP contribution in [0, 0.1) is 0 Å². The van der Waals surface area contributed by atoms with Crippen molar-refractivity contribution in [3.05, 3.63) is 51.5 Å². The molecule has 6 heteroatoms. The van der Waals surface area contributed by atoms with Crippen molar-refractivity contribution >= 4 is 29.7 Å². The number of aromatic nitrogens is 1. The Bertz CT molecular complexity index is 643. The van der Waals surface area contributed by atoms with E-state index < -0.39 is 0 Å². The minimum atomic E-state index is -0.0253. The van der Waals surface area contributed by atoms with Crippen molar-refractivity contribution < 1.29 is 4.79 Å². The van der Waals surface area contributed by atoms with Crippen LogP contribution in [0.4, 0.5) is 0 Å². The summed E-state index contributed by atoms with van der Waals surface area (Å²) in [6.07, 6.45) is 2.01. The third-order valence-corrected chi connectivity index (χ3v) is 4.71. The molecule has 1 unspecified atom stereocenters. The Labute approximate surface area is 134 Å². The Morgan fingerprint density at radius 1 is 1.48 bits per heavy atom. The number of rotatable bonds is 3. The van der Waals surface area contributed by atoms with Crippen LogP contribution in [0.5, 0.6) is 0 Å². The molecule has 0 spiro atoms. The smallest absolute Gasteiger partial charge is 0.273 e. The molecule has 4 nitrogen and oxygen atoms in total. The minimum Gasteiger partial charge on any atom is -0.333 e. The van der Waals surface area contributed by atoms with Gasteiger partial charge in [0.25, 0.3) is 5.91 Å². The lowest BCUT2D eigenvalue weighted by Gasteiger charge is -2.24. The van der Waals surface area contributed by atoms with E-state index in [0.717, 1.165) is 17.8 Å². The molecule has 0 saturated carbocycles. The predicted octanol–water partition coefficient (Wildman–Crippen LogP) is 2.78. The van der Waals surface area contributed by atoms with Gasteiger partial charge in [-0.3, -0.25) is 4.79 Å². The van der Waals surface area contributed by atoms with Crippen LogP contribution in [0.2, 0.25) is 0 Å². The maximum absolute atomic E-state index is 12.5. The lowest BCUT2D eigenvalue weighted by atomic mass is 10.1. The second-order valence-electron chi connectivity index (χ2n) is 5.00. The Morgan fingerprint density at radius 2 is 2.24 bits per heavy atom. The quantitative estimate of drug-likeness (QED) is 0.945. The number of halogens is 1. The van der Waals surface area contributed by atoms with E-state index in [0.29, 0.717) is 12.2 Å². The van der Waals surface area contributed by atoms with E-state index in [4.69, 9.17) is 5.73 Å². The largest absolute Gasteiger partial charge is 0.333 e. The molecule has 0 aliphatic heterocycles. The highest BCUT2D eigenvalue weighted by atomic mass is 35.5. The van der Waals surface area contributed by atoms with E-state index in [-0.39, 0.29) is 24.4 Å². The second-order valence-corrected chi connectivity index (χ2v) is 5.94. The summed E-state index contributed by atoms with van der Waals surface area (Å²) in [7, 11) is 1.86. The maximum atomic E-state index is 12.5. The summed E-state index contributed by atoms with van der Waals surface area (Å²) < 4.78 is 0. The molecule has 2 N–H and O–H groups in total. The van der Waals surface area contributed by atoms with Crippen molar-refractivity contribution in [1.82, 2.24) is 9.88 Å². The number of amides is 1.